The van der Waals surface area contributed by atoms with Crippen LogP contribution in [0.1, 0.15) is 41.5 Å². The number of hydrogen-bond acceptors (Lipinski definition) is 21. The second-order valence-corrected chi connectivity index (χ2v) is 11.3. The number of nitrogens with one attached hydrogen (secondary N) is 2. The molecule has 2 saturated heterocycles. The van der Waals surface area contributed by atoms with E-state index in [4.69, 9.17) is 42.6 Å². The Morgan fingerprint density at radius 3 is 1.49 bits per heavy atom. The average Bonchev–Trinajstić information content (AvgIpc) is 3.32. The maximum atomic E-state index is 12.5. The lowest BCUT2D eigenvalue weighted by molar-refractivity contribution is -0.381. The van der Waals surface area contributed by atoms with Gasteiger partial charge in [0.25, 0.3) is 0 Å². The summed E-state index contributed by atoms with van der Waals surface area (Å²) in [7, 11) is 2.02. The first-order chi connectivity index (χ1) is 24.7. The Morgan fingerprint density at radius 2 is 1.04 bits per heavy atom. The van der Waals surface area contributed by atoms with Gasteiger partial charge in [-0.15, -0.1) is 9.81 Å². The van der Waals surface area contributed by atoms with Gasteiger partial charge in [-0.05, 0) is 0 Å². The number of carbonyl (C=O) groups excluding carboxylic acids is 8. The molecule has 0 bridgehead atoms. The Bertz CT molecular complexity index is 1430. The number of nitrogens with zero attached hydrogens (tertiary/aromatic N) is 4. The van der Waals surface area contributed by atoms with Crippen molar-refractivity contribution in [2.75, 3.05) is 33.8 Å². The van der Waals surface area contributed by atoms with E-state index < -0.39 is 122 Å². The van der Waals surface area contributed by atoms with Gasteiger partial charge in [0.05, 0.1) is 10.6 Å². The van der Waals surface area contributed by atoms with Crippen LogP contribution in [0.15, 0.2) is 10.6 Å². The molecule has 9 atom stereocenters. The number of carbonyl (C=O) groups is 8. The molecule has 0 aromatic rings. The first kappa shape index (κ1) is 43.6. The zero-order chi connectivity index (χ0) is 40.2. The lowest BCUT2D eigenvalue weighted by Crippen LogP contribution is -2.66. The molecule has 25 nitrogen and oxygen atoms in total. The molecule has 296 valence electrons. The van der Waals surface area contributed by atoms with Crippen molar-refractivity contribution in [1.82, 2.24) is 20.7 Å². The van der Waals surface area contributed by atoms with Gasteiger partial charge in [-0.2, -0.15) is 10.0 Å². The summed E-state index contributed by atoms with van der Waals surface area (Å²) in [4.78, 5) is 120. The minimum atomic E-state index is -2.60. The van der Waals surface area contributed by atoms with Crippen molar-refractivity contribution in [3.8, 4) is 0 Å². The van der Waals surface area contributed by atoms with E-state index in [1.54, 1.807) is 0 Å². The topological polar surface area (TPSA) is 309 Å². The normalized spacial score (nSPS) is 27.5. The summed E-state index contributed by atoms with van der Waals surface area (Å²) in [6.45, 7) is 3.57. The van der Waals surface area contributed by atoms with Crippen molar-refractivity contribution in [3.05, 3.63) is 9.81 Å². The van der Waals surface area contributed by atoms with Crippen LogP contribution in [0.25, 0.3) is 0 Å². The van der Waals surface area contributed by atoms with Gasteiger partial charge in [0, 0.05) is 68.7 Å². The minimum Gasteiger partial charge on any atom is -0.460 e. The molecule has 2 aliphatic rings. The van der Waals surface area contributed by atoms with E-state index in [-0.39, 0.29) is 0 Å². The SMILES string of the molecule is CC(=O)OCC1(OC2OC(CNC(=O)N(C)N=O)C(OC(C)=O)C(OC(C)=O)C2OC(C)=O)OC(CNC(=O)N(C)N=O)C(OC(C)=O)C1OC(C)=O. The molecule has 53 heavy (non-hydrogen) atoms. The van der Waals surface area contributed by atoms with Crippen LogP contribution in [0.3, 0.4) is 0 Å². The number of nitroso groups, excluding NO2 is 2. The highest BCUT2D eigenvalue weighted by atomic mass is 16.8. The first-order valence-electron chi connectivity index (χ1n) is 15.4. The third-order valence-electron chi connectivity index (χ3n) is 7.08. The third-order valence-corrected chi connectivity index (χ3v) is 7.08. The molecule has 0 aliphatic carbocycles. The van der Waals surface area contributed by atoms with E-state index >= 15 is 0 Å². The quantitative estimate of drug-likeness (QED) is 0.0846. The van der Waals surface area contributed by atoms with Gasteiger partial charge in [0.2, 0.25) is 12.1 Å². The van der Waals surface area contributed by atoms with E-state index in [0.717, 1.165) is 55.6 Å². The van der Waals surface area contributed by atoms with Crippen LogP contribution in [-0.4, -0.2) is 146 Å². The highest BCUT2D eigenvalue weighted by Crippen LogP contribution is 2.41. The molecule has 0 saturated carbocycles. The Labute approximate surface area is 300 Å². The lowest BCUT2D eigenvalue weighted by atomic mass is 9.97. The molecular weight excluding hydrogens is 724 g/mol. The number of urea groups is 2. The fourth-order valence-corrected chi connectivity index (χ4v) is 5.10. The average molecular weight is 765 g/mol. The predicted molar refractivity (Wildman–Crippen MR) is 166 cm³/mol. The summed E-state index contributed by atoms with van der Waals surface area (Å²) in [6.07, 6.45) is -14.0. The number of rotatable bonds is 15. The molecular formula is C28H40N6O19. The second kappa shape index (κ2) is 19.3. The number of ether oxygens (including phenoxy) is 9. The summed E-state index contributed by atoms with van der Waals surface area (Å²) < 4.78 is 50.6. The van der Waals surface area contributed by atoms with E-state index in [9.17, 15) is 48.2 Å². The molecule has 0 spiro atoms. The monoisotopic (exact) mass is 764 g/mol. The molecule has 0 radical (unpaired) electrons. The Morgan fingerprint density at radius 1 is 0.604 bits per heavy atom. The predicted octanol–water partition coefficient (Wildman–Crippen LogP) is -1.31. The van der Waals surface area contributed by atoms with E-state index in [1.807, 2.05) is 0 Å². The highest BCUT2D eigenvalue weighted by molar-refractivity contribution is 5.74. The fourth-order valence-electron chi connectivity index (χ4n) is 5.10. The Kier molecular flexibility index (Phi) is 15.9. The van der Waals surface area contributed by atoms with Gasteiger partial charge in [0.1, 0.15) is 18.8 Å². The van der Waals surface area contributed by atoms with Crippen molar-refractivity contribution in [2.24, 2.45) is 10.6 Å². The zero-order valence-electron chi connectivity index (χ0n) is 29.8. The van der Waals surface area contributed by atoms with Gasteiger partial charge in [-0.25, -0.2) is 9.59 Å². The molecule has 2 heterocycles. The maximum absolute atomic E-state index is 12.5. The second-order valence-electron chi connectivity index (χ2n) is 11.3. The third kappa shape index (κ3) is 12.3. The number of amides is 4. The summed E-state index contributed by atoms with van der Waals surface area (Å²) >= 11 is 0. The van der Waals surface area contributed by atoms with E-state index in [2.05, 4.69) is 21.2 Å². The van der Waals surface area contributed by atoms with E-state index in [1.165, 1.54) is 0 Å². The van der Waals surface area contributed by atoms with Gasteiger partial charge in [-0.3, -0.25) is 28.8 Å². The van der Waals surface area contributed by atoms with Gasteiger partial charge in [-0.1, -0.05) is 0 Å². The van der Waals surface area contributed by atoms with Crippen LogP contribution in [0.2, 0.25) is 0 Å². The summed E-state index contributed by atoms with van der Waals surface area (Å²) in [5, 5.41) is 10.2. The van der Waals surface area contributed by atoms with Crippen molar-refractivity contribution >= 4 is 47.9 Å². The lowest BCUT2D eigenvalue weighted by Gasteiger charge is -2.46. The fraction of sp³-hybridized carbons (Fsp3) is 0.714. The largest absolute Gasteiger partial charge is 0.460 e. The molecule has 2 fully saturated rings. The summed E-state index contributed by atoms with van der Waals surface area (Å²) in [5.74, 6) is -8.51. The molecule has 4 amide bonds. The van der Waals surface area contributed by atoms with Crippen LogP contribution >= 0.6 is 0 Å². The first-order valence-corrected chi connectivity index (χ1v) is 15.4. The molecule has 25 heteroatoms. The zero-order valence-corrected chi connectivity index (χ0v) is 29.8. The molecule has 2 aliphatic heterocycles. The van der Waals surface area contributed by atoms with Gasteiger partial charge in [0.15, 0.2) is 30.5 Å². The van der Waals surface area contributed by atoms with Crippen LogP contribution < -0.4 is 10.6 Å². The maximum Gasteiger partial charge on any atom is 0.340 e. The Balaban J connectivity index is 2.81. The minimum absolute atomic E-state index is 0.365. The van der Waals surface area contributed by atoms with Crippen molar-refractivity contribution in [3.63, 3.8) is 0 Å². The summed E-state index contributed by atoms with van der Waals surface area (Å²) in [6, 6.07) is -2.13. The molecule has 0 aromatic carbocycles. The van der Waals surface area contributed by atoms with Crippen LogP contribution in [0, 0.1) is 9.81 Å². The van der Waals surface area contributed by atoms with Gasteiger partial charge >= 0.3 is 47.9 Å². The molecule has 0 aromatic heterocycles. The number of hydrogen-bond donors (Lipinski definition) is 2. The van der Waals surface area contributed by atoms with Crippen molar-refractivity contribution < 1.29 is 81.0 Å². The summed E-state index contributed by atoms with van der Waals surface area (Å²) in [5.41, 5.74) is 0. The van der Waals surface area contributed by atoms with Crippen LogP contribution in [0.4, 0.5) is 9.59 Å². The van der Waals surface area contributed by atoms with Crippen LogP contribution in [-0.2, 0) is 71.4 Å². The smallest absolute Gasteiger partial charge is 0.340 e. The highest BCUT2D eigenvalue weighted by Gasteiger charge is 2.64. The molecule has 2 rings (SSSR count). The van der Waals surface area contributed by atoms with E-state index in [0.29, 0.717) is 10.0 Å². The molecule has 2 N–H and O–H groups in total. The molecule has 9 unspecified atom stereocenters. The van der Waals surface area contributed by atoms with Gasteiger partial charge < -0.3 is 53.3 Å². The Hall–Kier alpha value is -5.56. The number of esters is 6. The van der Waals surface area contributed by atoms with Crippen molar-refractivity contribution in [2.45, 2.75) is 96.3 Å². The van der Waals surface area contributed by atoms with Crippen molar-refractivity contribution in [1.29, 1.82) is 0 Å². The standard InChI is InChI=1S/C28H40N6O19/c1-12(35)45-11-28(24(50-17(6)40)21(47-14(3)37)19(52-28)10-30-27(42)34(8)32-44)53-25-23(49-16(5)39)22(48-15(4)38)20(46-13(2)36)18(51-25)9-29-26(41)33(7)31-43/h18-25H,9-11H2,1-8H3,(H,29,41)(H,30,42). The van der Waals surface area contributed by atoms with Crippen LogP contribution in [0.5, 0.6) is 0 Å².